The average molecular weight is 196 g/mol. The van der Waals surface area contributed by atoms with Crippen LogP contribution in [0.25, 0.3) is 0 Å². The smallest absolute Gasteiger partial charge is 0.223 e. The van der Waals surface area contributed by atoms with Gasteiger partial charge in [0, 0.05) is 18.5 Å². The fourth-order valence-electron chi connectivity index (χ4n) is 2.28. The predicted octanol–water partition coefficient (Wildman–Crippen LogP) is 1.03. The molecule has 3 heteroatoms. The zero-order valence-corrected chi connectivity index (χ0v) is 8.88. The Kier molecular flexibility index (Phi) is 2.52. The maximum absolute atomic E-state index is 11.6. The topological polar surface area (TPSA) is 55.1 Å². The molecule has 2 aliphatic carbocycles. The molecular formula is C11H20N2O. The molecule has 0 radical (unpaired) electrons. The van der Waals surface area contributed by atoms with Gasteiger partial charge in [0.05, 0.1) is 0 Å². The second-order valence-electron chi connectivity index (χ2n) is 5.31. The van der Waals surface area contributed by atoms with Crippen molar-refractivity contribution >= 4 is 5.91 Å². The summed E-state index contributed by atoms with van der Waals surface area (Å²) in [5.74, 6) is 0.425. The second kappa shape index (κ2) is 3.54. The Morgan fingerprint density at radius 2 is 2.14 bits per heavy atom. The van der Waals surface area contributed by atoms with E-state index in [2.05, 4.69) is 12.2 Å². The first-order valence-corrected chi connectivity index (χ1v) is 5.62. The molecule has 3 N–H and O–H groups in total. The molecule has 1 amide bonds. The zero-order chi connectivity index (χ0) is 10.2. The van der Waals surface area contributed by atoms with Crippen molar-refractivity contribution in [2.45, 2.75) is 45.1 Å². The molecular weight excluding hydrogens is 176 g/mol. The van der Waals surface area contributed by atoms with Crippen molar-refractivity contribution in [1.82, 2.24) is 5.32 Å². The summed E-state index contributed by atoms with van der Waals surface area (Å²) in [6.07, 6.45) is 5.60. The minimum absolute atomic E-state index is 0.202. The van der Waals surface area contributed by atoms with Gasteiger partial charge in [0.1, 0.15) is 0 Å². The van der Waals surface area contributed by atoms with Crippen LogP contribution in [0, 0.1) is 11.3 Å². The maximum atomic E-state index is 11.6. The Hall–Kier alpha value is -0.570. The number of carbonyl (C=O) groups excluding carboxylic acids is 1. The highest BCUT2D eigenvalue weighted by Gasteiger charge is 2.35. The molecule has 2 saturated carbocycles. The van der Waals surface area contributed by atoms with Crippen molar-refractivity contribution in [2.75, 3.05) is 6.54 Å². The van der Waals surface area contributed by atoms with Crippen LogP contribution in [-0.4, -0.2) is 18.5 Å². The van der Waals surface area contributed by atoms with Crippen molar-refractivity contribution in [2.24, 2.45) is 17.1 Å². The van der Waals surface area contributed by atoms with E-state index < -0.39 is 0 Å². The molecule has 2 aliphatic rings. The first-order valence-electron chi connectivity index (χ1n) is 5.62. The van der Waals surface area contributed by atoms with Crippen LogP contribution in [-0.2, 0) is 4.79 Å². The molecule has 0 aliphatic heterocycles. The number of hydrogen-bond donors (Lipinski definition) is 2. The summed E-state index contributed by atoms with van der Waals surface area (Å²) in [5, 5.41) is 3.05. The molecule has 0 spiro atoms. The third-order valence-corrected chi connectivity index (χ3v) is 3.80. The zero-order valence-electron chi connectivity index (χ0n) is 8.88. The Balaban J connectivity index is 1.68. The van der Waals surface area contributed by atoms with Crippen LogP contribution in [0.15, 0.2) is 0 Å². The average Bonchev–Trinajstić information content (AvgIpc) is 2.06. The molecule has 3 nitrogen and oxygen atoms in total. The molecule has 0 bridgehead atoms. The number of rotatable bonds is 3. The molecule has 0 saturated heterocycles. The lowest BCUT2D eigenvalue weighted by Crippen LogP contribution is -2.48. The van der Waals surface area contributed by atoms with Gasteiger partial charge in [-0.15, -0.1) is 0 Å². The number of nitrogens with two attached hydrogens (primary N) is 1. The number of carbonyl (C=O) groups is 1. The van der Waals surface area contributed by atoms with Crippen LogP contribution < -0.4 is 11.1 Å². The minimum Gasteiger partial charge on any atom is -0.355 e. The van der Waals surface area contributed by atoms with E-state index in [1.54, 1.807) is 0 Å². The summed E-state index contributed by atoms with van der Waals surface area (Å²) in [6.45, 7) is 3.11. The van der Waals surface area contributed by atoms with E-state index in [1.807, 2.05) is 0 Å². The molecule has 2 rings (SSSR count). The van der Waals surface area contributed by atoms with Gasteiger partial charge in [0.15, 0.2) is 0 Å². The van der Waals surface area contributed by atoms with Gasteiger partial charge in [0.25, 0.3) is 0 Å². The van der Waals surface area contributed by atoms with Crippen LogP contribution in [0.3, 0.4) is 0 Å². The summed E-state index contributed by atoms with van der Waals surface area (Å²) in [6, 6.07) is 0.269. The Bertz CT molecular complexity index is 229. The van der Waals surface area contributed by atoms with Crippen LogP contribution in [0.4, 0.5) is 0 Å². The Morgan fingerprint density at radius 1 is 1.50 bits per heavy atom. The largest absolute Gasteiger partial charge is 0.355 e. The van der Waals surface area contributed by atoms with Gasteiger partial charge < -0.3 is 11.1 Å². The SMILES string of the molecule is CC1(CNC(=O)C2CC(N)C2)CCC1. The fourth-order valence-corrected chi connectivity index (χ4v) is 2.28. The number of nitrogens with one attached hydrogen (secondary N) is 1. The number of hydrogen-bond acceptors (Lipinski definition) is 2. The van der Waals surface area contributed by atoms with Gasteiger partial charge in [-0.2, -0.15) is 0 Å². The van der Waals surface area contributed by atoms with Gasteiger partial charge in [-0.3, -0.25) is 4.79 Å². The van der Waals surface area contributed by atoms with E-state index in [0.717, 1.165) is 19.4 Å². The van der Waals surface area contributed by atoms with E-state index in [4.69, 9.17) is 5.73 Å². The molecule has 2 fully saturated rings. The normalized spacial score (nSPS) is 34.1. The highest BCUT2D eigenvalue weighted by Crippen LogP contribution is 2.39. The Morgan fingerprint density at radius 3 is 2.57 bits per heavy atom. The summed E-state index contributed by atoms with van der Waals surface area (Å²) in [7, 11) is 0. The standard InChI is InChI=1S/C11H20N2O/c1-11(3-2-4-11)7-13-10(14)8-5-9(12)6-8/h8-9H,2-7,12H2,1H3,(H,13,14). The van der Waals surface area contributed by atoms with E-state index in [0.29, 0.717) is 5.41 Å². The summed E-state index contributed by atoms with van der Waals surface area (Å²) >= 11 is 0. The lowest BCUT2D eigenvalue weighted by Gasteiger charge is -2.39. The fraction of sp³-hybridized carbons (Fsp3) is 0.909. The van der Waals surface area contributed by atoms with Crippen molar-refractivity contribution in [3.63, 3.8) is 0 Å². The molecule has 0 aromatic carbocycles. The molecule has 14 heavy (non-hydrogen) atoms. The van der Waals surface area contributed by atoms with Crippen molar-refractivity contribution < 1.29 is 4.79 Å². The highest BCUT2D eigenvalue weighted by molar-refractivity contribution is 5.79. The summed E-state index contributed by atoms with van der Waals surface area (Å²) in [5.41, 5.74) is 6.04. The molecule has 0 atom stereocenters. The first kappa shape index (κ1) is 9.97. The lowest BCUT2D eigenvalue weighted by molar-refractivity contribution is -0.128. The first-order chi connectivity index (χ1) is 6.59. The molecule has 0 aromatic rings. The van der Waals surface area contributed by atoms with Crippen LogP contribution in [0.2, 0.25) is 0 Å². The van der Waals surface area contributed by atoms with E-state index in [9.17, 15) is 4.79 Å². The van der Waals surface area contributed by atoms with Crippen molar-refractivity contribution in [3.8, 4) is 0 Å². The van der Waals surface area contributed by atoms with Crippen LogP contribution >= 0.6 is 0 Å². The van der Waals surface area contributed by atoms with Gasteiger partial charge in [-0.25, -0.2) is 0 Å². The van der Waals surface area contributed by atoms with Crippen LogP contribution in [0.5, 0.6) is 0 Å². The van der Waals surface area contributed by atoms with Gasteiger partial charge in [0.2, 0.25) is 5.91 Å². The maximum Gasteiger partial charge on any atom is 0.223 e. The summed E-state index contributed by atoms with van der Waals surface area (Å²) in [4.78, 5) is 11.6. The van der Waals surface area contributed by atoms with Gasteiger partial charge in [-0.1, -0.05) is 13.3 Å². The summed E-state index contributed by atoms with van der Waals surface area (Å²) < 4.78 is 0. The molecule has 0 unspecified atom stereocenters. The molecule has 0 heterocycles. The third-order valence-electron chi connectivity index (χ3n) is 3.80. The lowest BCUT2D eigenvalue weighted by atomic mass is 9.70. The van der Waals surface area contributed by atoms with Crippen molar-refractivity contribution in [1.29, 1.82) is 0 Å². The minimum atomic E-state index is 0.202. The van der Waals surface area contributed by atoms with Gasteiger partial charge >= 0.3 is 0 Å². The second-order valence-corrected chi connectivity index (χ2v) is 5.31. The quantitative estimate of drug-likeness (QED) is 0.708. The van der Waals surface area contributed by atoms with E-state index in [-0.39, 0.29) is 17.9 Å². The predicted molar refractivity (Wildman–Crippen MR) is 55.7 cm³/mol. The van der Waals surface area contributed by atoms with Gasteiger partial charge in [-0.05, 0) is 31.1 Å². The molecule has 80 valence electrons. The van der Waals surface area contributed by atoms with Crippen LogP contribution in [0.1, 0.15) is 39.0 Å². The van der Waals surface area contributed by atoms with E-state index in [1.165, 1.54) is 19.3 Å². The monoisotopic (exact) mass is 196 g/mol. The van der Waals surface area contributed by atoms with Crippen molar-refractivity contribution in [3.05, 3.63) is 0 Å². The third kappa shape index (κ3) is 1.92. The highest BCUT2D eigenvalue weighted by atomic mass is 16.1. The molecule has 0 aromatic heterocycles. The Labute approximate surface area is 85.4 Å². The van der Waals surface area contributed by atoms with E-state index >= 15 is 0 Å². The number of amides is 1.